The fourth-order valence-corrected chi connectivity index (χ4v) is 3.86. The van der Waals surface area contributed by atoms with Crippen molar-refractivity contribution in [2.75, 3.05) is 20.3 Å². The SMILES string of the molecule is CO[C@H]1O[C@H](CO)[C@@H](O)[C@H](O[C@@H]2O[C@H](COC(C)=O)[C@@H](OC(C)=O)[C@H](OC(C)=O)[C@H]2OC(C)=O)[C@H]1O. The van der Waals surface area contributed by atoms with Crippen LogP contribution in [-0.4, -0.2) is 121 Å². The molecule has 2 aliphatic rings. The Morgan fingerprint density at radius 1 is 0.694 bits per heavy atom. The Morgan fingerprint density at radius 3 is 1.72 bits per heavy atom. The number of carbonyl (C=O) groups is 4. The summed E-state index contributed by atoms with van der Waals surface area (Å²) in [5.74, 6) is -3.20. The highest BCUT2D eigenvalue weighted by molar-refractivity contribution is 5.68. The second-order valence-corrected chi connectivity index (χ2v) is 8.11. The first-order valence-corrected chi connectivity index (χ1v) is 11.0. The molecule has 2 rings (SSSR count). The maximum Gasteiger partial charge on any atom is 0.303 e. The fraction of sp³-hybridized carbons (Fsp3) is 0.810. The van der Waals surface area contributed by atoms with Crippen molar-refractivity contribution in [2.45, 2.75) is 89.1 Å². The Morgan fingerprint density at radius 2 is 1.22 bits per heavy atom. The molecule has 2 heterocycles. The number of hydrogen-bond acceptors (Lipinski definition) is 15. The largest absolute Gasteiger partial charge is 0.463 e. The molecule has 0 unspecified atom stereocenters. The molecule has 0 amide bonds. The van der Waals surface area contributed by atoms with Crippen molar-refractivity contribution in [2.24, 2.45) is 0 Å². The van der Waals surface area contributed by atoms with Gasteiger partial charge in [0, 0.05) is 34.8 Å². The van der Waals surface area contributed by atoms with E-state index in [9.17, 15) is 34.5 Å². The molecule has 0 bridgehead atoms. The quantitative estimate of drug-likeness (QED) is 0.211. The molecule has 0 aliphatic carbocycles. The molecule has 3 N–H and O–H groups in total. The van der Waals surface area contributed by atoms with E-state index in [2.05, 4.69) is 0 Å². The molecule has 36 heavy (non-hydrogen) atoms. The first-order valence-electron chi connectivity index (χ1n) is 11.0. The van der Waals surface area contributed by atoms with E-state index in [1.54, 1.807) is 0 Å². The minimum Gasteiger partial charge on any atom is -0.463 e. The van der Waals surface area contributed by atoms with Gasteiger partial charge in [-0.1, -0.05) is 0 Å². The molecule has 2 aliphatic heterocycles. The standard InChI is InChI=1S/C21H32O15/c1-8(23)30-7-13-16(31-9(2)24)18(32-10(3)25)19(33-11(4)26)21(35-13)36-17-14(27)12(6-22)34-20(29-5)15(17)28/h12-22,27-28H,6-7H2,1-5H3/t12-,13-,14-,15-,16-,17+,18+,19-,20+,21+/m1/s1. The van der Waals surface area contributed by atoms with E-state index in [0.29, 0.717) is 0 Å². The first-order chi connectivity index (χ1) is 16.9. The van der Waals surface area contributed by atoms with E-state index in [-0.39, 0.29) is 0 Å². The van der Waals surface area contributed by atoms with Crippen molar-refractivity contribution in [3.63, 3.8) is 0 Å². The van der Waals surface area contributed by atoms with Crippen LogP contribution < -0.4 is 0 Å². The van der Waals surface area contributed by atoms with Gasteiger partial charge in [-0.3, -0.25) is 19.2 Å². The van der Waals surface area contributed by atoms with Gasteiger partial charge in [0.2, 0.25) is 0 Å². The van der Waals surface area contributed by atoms with Crippen LogP contribution in [0.5, 0.6) is 0 Å². The molecule has 0 aromatic rings. The van der Waals surface area contributed by atoms with Gasteiger partial charge >= 0.3 is 23.9 Å². The topological polar surface area (TPSA) is 203 Å². The molecule has 206 valence electrons. The number of ether oxygens (including phenoxy) is 8. The summed E-state index contributed by atoms with van der Waals surface area (Å²) in [6, 6.07) is 0. The Balaban J connectivity index is 2.48. The number of carbonyl (C=O) groups excluding carboxylic acids is 4. The first kappa shape index (κ1) is 29.8. The van der Waals surface area contributed by atoms with Gasteiger partial charge < -0.3 is 53.2 Å². The Labute approximate surface area is 206 Å². The maximum absolute atomic E-state index is 11.9. The van der Waals surface area contributed by atoms with Crippen LogP contribution in [0.15, 0.2) is 0 Å². The predicted octanol–water partition coefficient (Wildman–Crippen LogP) is -2.46. The molecule has 2 saturated heterocycles. The molecule has 0 saturated carbocycles. The molecule has 15 nitrogen and oxygen atoms in total. The summed E-state index contributed by atoms with van der Waals surface area (Å²) in [5, 5.41) is 30.8. The van der Waals surface area contributed by atoms with E-state index in [0.717, 1.165) is 27.7 Å². The maximum atomic E-state index is 11.9. The number of aliphatic hydroxyl groups is 3. The molecule has 0 aromatic heterocycles. The number of methoxy groups -OCH3 is 1. The summed E-state index contributed by atoms with van der Waals surface area (Å²) in [7, 11) is 1.21. The van der Waals surface area contributed by atoms with E-state index in [4.69, 9.17) is 37.9 Å². The monoisotopic (exact) mass is 524 g/mol. The van der Waals surface area contributed by atoms with Crippen LogP contribution in [0.25, 0.3) is 0 Å². The lowest BCUT2D eigenvalue weighted by atomic mass is 9.96. The van der Waals surface area contributed by atoms with E-state index < -0.39 is 98.5 Å². The van der Waals surface area contributed by atoms with Crippen molar-refractivity contribution in [1.29, 1.82) is 0 Å². The second kappa shape index (κ2) is 13.2. The second-order valence-electron chi connectivity index (χ2n) is 8.11. The van der Waals surface area contributed by atoms with Crippen LogP contribution in [0.4, 0.5) is 0 Å². The lowest BCUT2D eigenvalue weighted by Crippen LogP contribution is -2.66. The Bertz CT molecular complexity index is 771. The van der Waals surface area contributed by atoms with Gasteiger partial charge in [-0.15, -0.1) is 0 Å². The van der Waals surface area contributed by atoms with Crippen LogP contribution in [0.1, 0.15) is 27.7 Å². The highest BCUT2D eigenvalue weighted by Gasteiger charge is 2.55. The predicted molar refractivity (Wildman–Crippen MR) is 112 cm³/mol. The van der Waals surface area contributed by atoms with Crippen LogP contribution >= 0.6 is 0 Å². The normalized spacial score (nSPS) is 36.4. The van der Waals surface area contributed by atoms with Crippen LogP contribution in [0, 0.1) is 0 Å². The number of esters is 4. The Hall–Kier alpha value is -2.40. The van der Waals surface area contributed by atoms with Gasteiger partial charge in [-0.25, -0.2) is 0 Å². The third kappa shape index (κ3) is 7.55. The van der Waals surface area contributed by atoms with Gasteiger partial charge in [-0.2, -0.15) is 0 Å². The number of hydrogen-bond donors (Lipinski definition) is 3. The van der Waals surface area contributed by atoms with Gasteiger partial charge in [0.25, 0.3) is 0 Å². The lowest BCUT2D eigenvalue weighted by Gasteiger charge is -2.47. The summed E-state index contributed by atoms with van der Waals surface area (Å²) in [5.41, 5.74) is 0. The third-order valence-corrected chi connectivity index (χ3v) is 5.29. The van der Waals surface area contributed by atoms with E-state index >= 15 is 0 Å². The lowest BCUT2D eigenvalue weighted by molar-refractivity contribution is -0.359. The van der Waals surface area contributed by atoms with Gasteiger partial charge in [-0.05, 0) is 0 Å². The smallest absolute Gasteiger partial charge is 0.303 e. The summed E-state index contributed by atoms with van der Waals surface area (Å²) in [6.45, 7) is 3.16. The highest BCUT2D eigenvalue weighted by atomic mass is 16.8. The molecule has 10 atom stereocenters. The van der Waals surface area contributed by atoms with Gasteiger partial charge in [0.05, 0.1) is 6.61 Å². The van der Waals surface area contributed by atoms with Crippen LogP contribution in [0.3, 0.4) is 0 Å². The number of rotatable bonds is 9. The fourth-order valence-electron chi connectivity index (χ4n) is 3.86. The van der Waals surface area contributed by atoms with Crippen molar-refractivity contribution in [3.8, 4) is 0 Å². The average molecular weight is 524 g/mol. The zero-order valence-electron chi connectivity index (χ0n) is 20.4. The highest BCUT2D eigenvalue weighted by Crippen LogP contribution is 2.33. The van der Waals surface area contributed by atoms with Crippen molar-refractivity contribution in [3.05, 3.63) is 0 Å². The Kier molecular flexibility index (Phi) is 11.0. The van der Waals surface area contributed by atoms with Crippen molar-refractivity contribution >= 4 is 23.9 Å². The molecule has 0 radical (unpaired) electrons. The van der Waals surface area contributed by atoms with Crippen LogP contribution in [0.2, 0.25) is 0 Å². The minimum absolute atomic E-state index is 0.490. The average Bonchev–Trinajstić information content (AvgIpc) is 2.78. The molecule has 0 spiro atoms. The minimum atomic E-state index is -1.66. The third-order valence-electron chi connectivity index (χ3n) is 5.29. The summed E-state index contributed by atoms with van der Waals surface area (Å²) in [6.07, 6.45) is -14.7. The summed E-state index contributed by atoms with van der Waals surface area (Å²) >= 11 is 0. The summed E-state index contributed by atoms with van der Waals surface area (Å²) in [4.78, 5) is 47.0. The van der Waals surface area contributed by atoms with Gasteiger partial charge in [0.15, 0.2) is 30.9 Å². The van der Waals surface area contributed by atoms with Crippen LogP contribution in [-0.2, 0) is 57.1 Å². The van der Waals surface area contributed by atoms with E-state index in [1.807, 2.05) is 0 Å². The number of aliphatic hydroxyl groups excluding tert-OH is 3. The summed E-state index contributed by atoms with van der Waals surface area (Å²) < 4.78 is 42.7. The molecule has 15 heteroatoms. The van der Waals surface area contributed by atoms with Gasteiger partial charge in [0.1, 0.15) is 37.1 Å². The van der Waals surface area contributed by atoms with E-state index in [1.165, 1.54) is 7.11 Å². The molecular formula is C21H32O15. The zero-order valence-corrected chi connectivity index (χ0v) is 20.4. The van der Waals surface area contributed by atoms with Crippen molar-refractivity contribution in [1.82, 2.24) is 0 Å². The molecule has 2 fully saturated rings. The molecule has 0 aromatic carbocycles. The zero-order chi connectivity index (χ0) is 27.2. The molecular weight excluding hydrogens is 492 g/mol. The van der Waals surface area contributed by atoms with Crippen molar-refractivity contribution < 1.29 is 72.4 Å².